The van der Waals surface area contributed by atoms with Crippen molar-refractivity contribution in [3.8, 4) is 0 Å². The normalized spacial score (nSPS) is 11.0. The van der Waals surface area contributed by atoms with Crippen LogP contribution in [0.1, 0.15) is 10.4 Å². The number of carbonyl (C=O) groups is 1. The number of hydrogen-bond acceptors (Lipinski definition) is 5. The number of rotatable bonds is 3. The minimum absolute atomic E-state index is 0. The molecule has 0 radical (unpaired) electrons. The SMILES string of the molecule is O=Cc1cc(S(=O)(=O)O)ccc1S(=O)(=O)O.[NaH].[NaH]. The Morgan fingerprint density at radius 3 is 1.78 bits per heavy atom. The van der Waals surface area contributed by atoms with Gasteiger partial charge < -0.3 is 0 Å². The Labute approximate surface area is 148 Å². The molecule has 0 spiro atoms. The summed E-state index contributed by atoms with van der Waals surface area (Å²) < 4.78 is 60.2. The van der Waals surface area contributed by atoms with Crippen LogP contribution in [0.5, 0.6) is 0 Å². The summed E-state index contributed by atoms with van der Waals surface area (Å²) in [5.74, 6) is 0. The number of benzene rings is 1. The molecule has 0 aromatic heterocycles. The summed E-state index contributed by atoms with van der Waals surface area (Å²) in [5, 5.41) is 0. The third kappa shape index (κ3) is 5.37. The second-order valence-electron chi connectivity index (χ2n) is 2.77. The fraction of sp³-hybridized carbons (Fsp3) is 0. The molecule has 0 heterocycles. The van der Waals surface area contributed by atoms with Gasteiger partial charge in [0, 0.05) is 5.56 Å². The predicted molar refractivity (Wildman–Crippen MR) is 65.8 cm³/mol. The van der Waals surface area contributed by atoms with E-state index in [0.29, 0.717) is 12.1 Å². The van der Waals surface area contributed by atoms with E-state index >= 15 is 0 Å². The maximum atomic E-state index is 10.8. The zero-order valence-corrected chi connectivity index (χ0v) is 9.19. The van der Waals surface area contributed by atoms with Crippen molar-refractivity contribution >= 4 is 85.6 Å². The molecule has 0 bridgehead atoms. The molecule has 11 heteroatoms. The standard InChI is InChI=1S/C7H6O7S2.2Na.2H/c8-4-5-3-6(15(9,10)11)1-2-7(5)16(12,13)14;;;;/h1-4H,(H,9,10,11)(H,12,13,14);;;;. The molecule has 0 atom stereocenters. The first-order valence-electron chi connectivity index (χ1n) is 3.70. The molecule has 7 nitrogen and oxygen atoms in total. The van der Waals surface area contributed by atoms with Gasteiger partial charge in [0.15, 0.2) is 6.29 Å². The second kappa shape index (κ2) is 7.48. The first-order valence-corrected chi connectivity index (χ1v) is 6.58. The van der Waals surface area contributed by atoms with Crippen molar-refractivity contribution in [3.63, 3.8) is 0 Å². The Kier molecular flexibility index (Phi) is 8.73. The Balaban J connectivity index is 0. The molecule has 0 saturated heterocycles. The number of aldehydes is 1. The summed E-state index contributed by atoms with van der Waals surface area (Å²) in [6, 6.07) is 2.11. The Morgan fingerprint density at radius 1 is 0.944 bits per heavy atom. The average Bonchev–Trinajstić information content (AvgIpc) is 2.14. The summed E-state index contributed by atoms with van der Waals surface area (Å²) in [4.78, 5) is 9.14. The van der Waals surface area contributed by atoms with Crippen molar-refractivity contribution in [3.05, 3.63) is 23.8 Å². The van der Waals surface area contributed by atoms with Gasteiger partial charge in [-0.15, -0.1) is 0 Å². The van der Waals surface area contributed by atoms with Gasteiger partial charge in [-0.2, -0.15) is 16.8 Å². The van der Waals surface area contributed by atoms with Gasteiger partial charge in [0.25, 0.3) is 20.2 Å². The molecule has 1 rings (SSSR count). The van der Waals surface area contributed by atoms with Crippen LogP contribution >= 0.6 is 0 Å². The minimum atomic E-state index is -4.62. The average molecular weight is 314 g/mol. The number of hydrogen-bond donors (Lipinski definition) is 2. The summed E-state index contributed by atoms with van der Waals surface area (Å²) in [5.41, 5.74) is -0.558. The predicted octanol–water partition coefficient (Wildman–Crippen LogP) is -1.30. The van der Waals surface area contributed by atoms with Crippen LogP contribution < -0.4 is 0 Å². The molecule has 0 saturated carbocycles. The summed E-state index contributed by atoms with van der Waals surface area (Å²) in [6.07, 6.45) is 0.0534. The van der Waals surface area contributed by atoms with Crippen LogP contribution in [0.2, 0.25) is 0 Å². The van der Waals surface area contributed by atoms with Gasteiger partial charge in [0.1, 0.15) is 4.90 Å². The summed E-state index contributed by atoms with van der Waals surface area (Å²) in [6.45, 7) is 0. The van der Waals surface area contributed by atoms with Gasteiger partial charge in [-0.1, -0.05) is 0 Å². The molecule has 0 fully saturated rings. The van der Waals surface area contributed by atoms with E-state index in [1.807, 2.05) is 0 Å². The third-order valence-electron chi connectivity index (χ3n) is 1.68. The fourth-order valence-electron chi connectivity index (χ4n) is 1.01. The molecule has 2 N–H and O–H groups in total. The molecule has 0 unspecified atom stereocenters. The molecule has 0 aliphatic carbocycles. The monoisotopic (exact) mass is 314 g/mol. The number of carbonyl (C=O) groups excluding carboxylic acids is 1. The van der Waals surface area contributed by atoms with E-state index in [-0.39, 0.29) is 65.4 Å². The van der Waals surface area contributed by atoms with Gasteiger partial charge in [-0.25, -0.2) is 0 Å². The maximum absolute atomic E-state index is 10.8. The van der Waals surface area contributed by atoms with E-state index in [2.05, 4.69) is 0 Å². The molecule has 1 aromatic carbocycles. The van der Waals surface area contributed by atoms with Gasteiger partial charge in [-0.05, 0) is 18.2 Å². The molecule has 0 aliphatic heterocycles. The second-order valence-corrected chi connectivity index (χ2v) is 5.58. The Hall–Kier alpha value is 0.710. The van der Waals surface area contributed by atoms with Crippen molar-refractivity contribution in [1.82, 2.24) is 0 Å². The molecule has 1 aromatic rings. The van der Waals surface area contributed by atoms with E-state index in [9.17, 15) is 21.6 Å². The van der Waals surface area contributed by atoms with E-state index in [0.717, 1.165) is 6.07 Å². The van der Waals surface area contributed by atoms with E-state index in [1.165, 1.54) is 0 Å². The first kappa shape index (κ1) is 21.0. The van der Waals surface area contributed by atoms with Crippen molar-refractivity contribution < 1.29 is 30.7 Å². The molecule has 18 heavy (non-hydrogen) atoms. The zero-order chi connectivity index (χ0) is 12.6. The molecule has 0 amide bonds. The quantitative estimate of drug-likeness (QED) is 0.403. The third-order valence-corrected chi connectivity index (χ3v) is 3.46. The van der Waals surface area contributed by atoms with Crippen molar-refractivity contribution in [2.75, 3.05) is 0 Å². The van der Waals surface area contributed by atoms with Crippen LogP contribution in [0.25, 0.3) is 0 Å². The van der Waals surface area contributed by atoms with E-state index in [4.69, 9.17) is 9.11 Å². The Bertz CT molecular complexity index is 636. The van der Waals surface area contributed by atoms with Crippen LogP contribution in [0, 0.1) is 0 Å². The summed E-state index contributed by atoms with van der Waals surface area (Å²) in [7, 11) is -9.15. The van der Waals surface area contributed by atoms with Gasteiger partial charge >= 0.3 is 59.1 Å². The van der Waals surface area contributed by atoms with Crippen molar-refractivity contribution in [2.24, 2.45) is 0 Å². The first-order chi connectivity index (χ1) is 7.16. The van der Waals surface area contributed by atoms with E-state index < -0.39 is 35.6 Å². The molecule has 0 aliphatic rings. The van der Waals surface area contributed by atoms with Crippen molar-refractivity contribution in [2.45, 2.75) is 9.79 Å². The van der Waals surface area contributed by atoms with Gasteiger partial charge in [0.05, 0.1) is 4.90 Å². The van der Waals surface area contributed by atoms with Crippen LogP contribution in [0.4, 0.5) is 0 Å². The topological polar surface area (TPSA) is 126 Å². The van der Waals surface area contributed by atoms with Crippen LogP contribution in [0.15, 0.2) is 28.0 Å². The van der Waals surface area contributed by atoms with Gasteiger partial charge in [0.2, 0.25) is 0 Å². The molecular weight excluding hydrogens is 306 g/mol. The van der Waals surface area contributed by atoms with Crippen LogP contribution in [0.3, 0.4) is 0 Å². The van der Waals surface area contributed by atoms with Gasteiger partial charge in [-0.3, -0.25) is 13.9 Å². The fourth-order valence-corrected chi connectivity index (χ4v) is 2.17. The van der Waals surface area contributed by atoms with Crippen LogP contribution in [-0.2, 0) is 20.2 Å². The molecular formula is C7H8Na2O7S2. The van der Waals surface area contributed by atoms with E-state index in [1.54, 1.807) is 0 Å². The molecule has 92 valence electrons. The summed E-state index contributed by atoms with van der Waals surface area (Å²) >= 11 is 0. The zero-order valence-electron chi connectivity index (χ0n) is 7.56. The van der Waals surface area contributed by atoms with Crippen LogP contribution in [-0.4, -0.2) is 91.3 Å². The van der Waals surface area contributed by atoms with Crippen molar-refractivity contribution in [1.29, 1.82) is 0 Å². The Morgan fingerprint density at radius 2 is 1.44 bits per heavy atom.